The second-order valence-electron chi connectivity index (χ2n) is 5.02. The van der Waals surface area contributed by atoms with E-state index in [2.05, 4.69) is 4.98 Å². The van der Waals surface area contributed by atoms with Crippen LogP contribution in [0.5, 0.6) is 0 Å². The van der Waals surface area contributed by atoms with E-state index in [1.54, 1.807) is 4.90 Å². The van der Waals surface area contributed by atoms with Gasteiger partial charge in [0, 0.05) is 18.4 Å². The number of anilines is 1. The molecule has 0 unspecified atom stereocenters. The van der Waals surface area contributed by atoms with Gasteiger partial charge in [0.15, 0.2) is 0 Å². The molecule has 2 aromatic rings. The standard InChI is InChI=1S/C16H14N2O3/c1-10-3-2-4-14-12(10)7-8-18(14)15(19)11-5-6-13(16(20)21)17-9-11/h2-6,9H,7-8H2,1H3,(H,20,21). The molecule has 1 aromatic carbocycles. The molecule has 2 heterocycles. The van der Waals surface area contributed by atoms with Gasteiger partial charge in [-0.05, 0) is 42.7 Å². The molecule has 21 heavy (non-hydrogen) atoms. The lowest BCUT2D eigenvalue weighted by atomic mass is 10.1. The molecule has 1 N–H and O–H groups in total. The number of rotatable bonds is 2. The van der Waals surface area contributed by atoms with E-state index < -0.39 is 5.97 Å². The number of hydrogen-bond donors (Lipinski definition) is 1. The first-order valence-electron chi connectivity index (χ1n) is 6.67. The molecule has 0 fully saturated rings. The molecule has 106 valence electrons. The molecule has 0 saturated heterocycles. The Kier molecular flexibility index (Phi) is 3.17. The average molecular weight is 282 g/mol. The summed E-state index contributed by atoms with van der Waals surface area (Å²) in [5.41, 5.74) is 3.64. The third-order valence-corrected chi connectivity index (χ3v) is 3.74. The van der Waals surface area contributed by atoms with Gasteiger partial charge in [-0.3, -0.25) is 4.79 Å². The zero-order valence-electron chi connectivity index (χ0n) is 11.5. The quantitative estimate of drug-likeness (QED) is 0.917. The van der Waals surface area contributed by atoms with E-state index in [9.17, 15) is 9.59 Å². The number of carbonyl (C=O) groups is 2. The number of benzene rings is 1. The zero-order valence-corrected chi connectivity index (χ0v) is 11.5. The molecule has 0 saturated carbocycles. The Bertz CT molecular complexity index is 723. The Morgan fingerprint density at radius 1 is 1.24 bits per heavy atom. The molecule has 0 spiro atoms. The van der Waals surface area contributed by atoms with Crippen LogP contribution in [-0.4, -0.2) is 28.5 Å². The maximum absolute atomic E-state index is 12.5. The number of aryl methyl sites for hydroxylation is 1. The Labute approximate surface area is 121 Å². The number of hydrogen-bond acceptors (Lipinski definition) is 3. The van der Waals surface area contributed by atoms with Crippen molar-refractivity contribution < 1.29 is 14.7 Å². The Hall–Kier alpha value is -2.69. The highest BCUT2D eigenvalue weighted by Gasteiger charge is 2.26. The van der Waals surface area contributed by atoms with E-state index in [1.165, 1.54) is 29.5 Å². The molecule has 0 aliphatic carbocycles. The molecule has 0 radical (unpaired) electrons. The number of carboxylic acid groups (broad SMARTS) is 1. The van der Waals surface area contributed by atoms with Crippen LogP contribution in [0.2, 0.25) is 0 Å². The summed E-state index contributed by atoms with van der Waals surface area (Å²) in [6.45, 7) is 2.68. The molecule has 1 aliphatic rings. The maximum atomic E-state index is 12.5. The third kappa shape index (κ3) is 2.27. The van der Waals surface area contributed by atoms with Crippen LogP contribution in [-0.2, 0) is 6.42 Å². The molecule has 1 amide bonds. The van der Waals surface area contributed by atoms with Gasteiger partial charge in [0.05, 0.1) is 5.56 Å². The van der Waals surface area contributed by atoms with E-state index in [-0.39, 0.29) is 11.6 Å². The van der Waals surface area contributed by atoms with Crippen LogP contribution in [0.1, 0.15) is 32.0 Å². The Morgan fingerprint density at radius 2 is 2.05 bits per heavy atom. The lowest BCUT2D eigenvalue weighted by molar-refractivity contribution is 0.0690. The van der Waals surface area contributed by atoms with Crippen molar-refractivity contribution in [3.05, 3.63) is 58.9 Å². The average Bonchev–Trinajstić information content (AvgIpc) is 2.92. The normalized spacial score (nSPS) is 13.1. The minimum atomic E-state index is -1.10. The number of aromatic nitrogens is 1. The van der Waals surface area contributed by atoms with Gasteiger partial charge in [-0.25, -0.2) is 9.78 Å². The monoisotopic (exact) mass is 282 g/mol. The highest BCUT2D eigenvalue weighted by atomic mass is 16.4. The van der Waals surface area contributed by atoms with Gasteiger partial charge < -0.3 is 10.0 Å². The Balaban J connectivity index is 1.91. The number of pyridine rings is 1. The summed E-state index contributed by atoms with van der Waals surface area (Å²) in [6.07, 6.45) is 2.16. The molecule has 0 atom stereocenters. The van der Waals surface area contributed by atoms with Crippen molar-refractivity contribution in [3.8, 4) is 0 Å². The van der Waals surface area contributed by atoms with Crippen molar-refractivity contribution in [1.82, 2.24) is 4.98 Å². The van der Waals surface area contributed by atoms with Crippen molar-refractivity contribution in [2.24, 2.45) is 0 Å². The first-order chi connectivity index (χ1) is 10.1. The van der Waals surface area contributed by atoms with Gasteiger partial charge in [0.25, 0.3) is 5.91 Å². The van der Waals surface area contributed by atoms with Gasteiger partial charge in [0.1, 0.15) is 5.69 Å². The van der Waals surface area contributed by atoms with Crippen molar-refractivity contribution in [3.63, 3.8) is 0 Å². The Morgan fingerprint density at radius 3 is 2.71 bits per heavy atom. The lowest BCUT2D eigenvalue weighted by Gasteiger charge is -2.17. The van der Waals surface area contributed by atoms with E-state index in [0.717, 1.165) is 12.1 Å². The summed E-state index contributed by atoms with van der Waals surface area (Å²) >= 11 is 0. The van der Waals surface area contributed by atoms with Crippen LogP contribution in [0.15, 0.2) is 36.5 Å². The smallest absolute Gasteiger partial charge is 0.354 e. The fourth-order valence-corrected chi connectivity index (χ4v) is 2.62. The van der Waals surface area contributed by atoms with Gasteiger partial charge in [-0.1, -0.05) is 12.1 Å². The molecule has 0 bridgehead atoms. The molecule has 1 aliphatic heterocycles. The maximum Gasteiger partial charge on any atom is 0.354 e. The number of carboxylic acids is 1. The first kappa shape index (κ1) is 13.3. The predicted octanol–water partition coefficient (Wildman–Crippen LogP) is 2.29. The van der Waals surface area contributed by atoms with E-state index in [1.807, 2.05) is 25.1 Å². The molecule has 5 nitrogen and oxygen atoms in total. The molecular formula is C16H14N2O3. The van der Waals surface area contributed by atoms with Crippen molar-refractivity contribution >= 4 is 17.6 Å². The largest absolute Gasteiger partial charge is 0.477 e. The van der Waals surface area contributed by atoms with Gasteiger partial charge in [-0.2, -0.15) is 0 Å². The summed E-state index contributed by atoms with van der Waals surface area (Å²) in [5, 5.41) is 8.83. The third-order valence-electron chi connectivity index (χ3n) is 3.74. The fraction of sp³-hybridized carbons (Fsp3) is 0.188. The molecule has 1 aromatic heterocycles. The molecule has 3 rings (SSSR count). The highest BCUT2D eigenvalue weighted by molar-refractivity contribution is 6.07. The topological polar surface area (TPSA) is 70.5 Å². The highest BCUT2D eigenvalue weighted by Crippen LogP contribution is 2.31. The zero-order chi connectivity index (χ0) is 15.0. The van der Waals surface area contributed by atoms with Crippen molar-refractivity contribution in [2.75, 3.05) is 11.4 Å². The van der Waals surface area contributed by atoms with E-state index in [0.29, 0.717) is 12.1 Å². The van der Waals surface area contributed by atoms with Gasteiger partial charge in [0.2, 0.25) is 0 Å². The van der Waals surface area contributed by atoms with Crippen LogP contribution in [0.3, 0.4) is 0 Å². The first-order valence-corrected chi connectivity index (χ1v) is 6.67. The van der Waals surface area contributed by atoms with Crippen LogP contribution >= 0.6 is 0 Å². The van der Waals surface area contributed by atoms with E-state index >= 15 is 0 Å². The minimum absolute atomic E-state index is 0.0655. The van der Waals surface area contributed by atoms with Crippen LogP contribution < -0.4 is 4.90 Å². The van der Waals surface area contributed by atoms with Crippen LogP contribution in [0.4, 0.5) is 5.69 Å². The summed E-state index contributed by atoms with van der Waals surface area (Å²) in [6, 6.07) is 8.77. The number of aromatic carboxylic acids is 1. The fourth-order valence-electron chi connectivity index (χ4n) is 2.62. The number of amides is 1. The van der Waals surface area contributed by atoms with E-state index in [4.69, 9.17) is 5.11 Å². The van der Waals surface area contributed by atoms with Gasteiger partial charge in [-0.15, -0.1) is 0 Å². The molecular weight excluding hydrogens is 268 g/mol. The summed E-state index contributed by atoms with van der Waals surface area (Å²) in [4.78, 5) is 28.8. The van der Waals surface area contributed by atoms with Gasteiger partial charge >= 0.3 is 5.97 Å². The number of fused-ring (bicyclic) bond motifs is 1. The van der Waals surface area contributed by atoms with Crippen molar-refractivity contribution in [1.29, 1.82) is 0 Å². The predicted molar refractivity (Wildman–Crippen MR) is 77.8 cm³/mol. The second kappa shape index (κ2) is 5.01. The second-order valence-corrected chi connectivity index (χ2v) is 5.02. The van der Waals surface area contributed by atoms with Crippen LogP contribution in [0.25, 0.3) is 0 Å². The minimum Gasteiger partial charge on any atom is -0.477 e. The molecule has 5 heteroatoms. The summed E-state index contributed by atoms with van der Waals surface area (Å²) in [5.74, 6) is -1.25. The van der Waals surface area contributed by atoms with Crippen molar-refractivity contribution in [2.45, 2.75) is 13.3 Å². The lowest BCUT2D eigenvalue weighted by Crippen LogP contribution is -2.29. The number of carbonyl (C=O) groups excluding carboxylic acids is 1. The SMILES string of the molecule is Cc1cccc2c1CCN2C(=O)c1ccc(C(=O)O)nc1. The van der Waals surface area contributed by atoms with Crippen LogP contribution in [0, 0.1) is 6.92 Å². The summed E-state index contributed by atoms with van der Waals surface area (Å²) < 4.78 is 0. The summed E-state index contributed by atoms with van der Waals surface area (Å²) in [7, 11) is 0. The number of nitrogens with zero attached hydrogens (tertiary/aromatic N) is 2.